The number of aromatic nitrogens is 2. The van der Waals surface area contributed by atoms with Gasteiger partial charge < -0.3 is 0 Å². The van der Waals surface area contributed by atoms with Gasteiger partial charge in [-0.05, 0) is 30.7 Å². The van der Waals surface area contributed by atoms with Crippen molar-refractivity contribution in [2.75, 3.05) is 0 Å². The molecule has 0 amide bonds. The molecular weight excluding hydrogens is 259 g/mol. The number of nitrogens with zero attached hydrogens (tertiary/aromatic N) is 2. The third-order valence-corrected chi connectivity index (χ3v) is 2.86. The van der Waals surface area contributed by atoms with Crippen LogP contribution in [0.1, 0.15) is 11.3 Å². The fourth-order valence-electron chi connectivity index (χ4n) is 1.38. The maximum absolute atomic E-state index is 12.8. The van der Waals surface area contributed by atoms with Gasteiger partial charge in [0.1, 0.15) is 5.82 Å². The Morgan fingerprint density at radius 1 is 1.40 bits per heavy atom. The fraction of sp³-hybridized carbons (Fsp3) is 0.182. The summed E-state index contributed by atoms with van der Waals surface area (Å²) in [5, 5.41) is 4.27. The summed E-state index contributed by atoms with van der Waals surface area (Å²) >= 11 is 3.33. The van der Waals surface area contributed by atoms with Crippen molar-refractivity contribution in [1.29, 1.82) is 0 Å². The zero-order chi connectivity index (χ0) is 10.8. The first kappa shape index (κ1) is 10.4. The van der Waals surface area contributed by atoms with Gasteiger partial charge in [0, 0.05) is 10.7 Å². The van der Waals surface area contributed by atoms with Crippen LogP contribution in [-0.4, -0.2) is 9.78 Å². The van der Waals surface area contributed by atoms with Crippen LogP contribution in [0.5, 0.6) is 0 Å². The molecule has 2 nitrogen and oxygen atoms in total. The van der Waals surface area contributed by atoms with Crippen LogP contribution in [0.15, 0.2) is 34.9 Å². The molecule has 0 saturated heterocycles. The second-order valence-corrected chi connectivity index (χ2v) is 4.24. The van der Waals surface area contributed by atoms with E-state index in [-0.39, 0.29) is 5.82 Å². The fourth-order valence-corrected chi connectivity index (χ4v) is 1.85. The third kappa shape index (κ3) is 2.45. The minimum atomic E-state index is -0.234. The molecular formula is C11H10BrFN2. The monoisotopic (exact) mass is 268 g/mol. The largest absolute Gasteiger partial charge is 0.268 e. The zero-order valence-electron chi connectivity index (χ0n) is 8.24. The van der Waals surface area contributed by atoms with E-state index in [2.05, 4.69) is 21.0 Å². The first-order chi connectivity index (χ1) is 7.15. The molecule has 0 aliphatic heterocycles. The molecule has 78 valence electrons. The van der Waals surface area contributed by atoms with Gasteiger partial charge in [-0.15, -0.1) is 0 Å². The summed E-state index contributed by atoms with van der Waals surface area (Å²) in [6.45, 7) is 2.59. The number of benzene rings is 1. The van der Waals surface area contributed by atoms with Crippen molar-refractivity contribution in [2.24, 2.45) is 0 Å². The van der Waals surface area contributed by atoms with Crippen LogP contribution in [0.2, 0.25) is 0 Å². The van der Waals surface area contributed by atoms with E-state index in [1.165, 1.54) is 12.1 Å². The highest BCUT2D eigenvalue weighted by Crippen LogP contribution is 2.18. The number of hydrogen-bond donors (Lipinski definition) is 0. The van der Waals surface area contributed by atoms with Crippen LogP contribution in [0, 0.1) is 12.7 Å². The molecule has 4 heteroatoms. The van der Waals surface area contributed by atoms with Gasteiger partial charge in [-0.1, -0.05) is 22.0 Å². The molecule has 2 rings (SSSR count). The predicted molar refractivity (Wildman–Crippen MR) is 60.2 cm³/mol. The summed E-state index contributed by atoms with van der Waals surface area (Å²) in [4.78, 5) is 0. The average Bonchev–Trinajstić information content (AvgIpc) is 2.56. The smallest absolute Gasteiger partial charge is 0.124 e. The molecule has 0 radical (unpaired) electrons. The van der Waals surface area contributed by atoms with Gasteiger partial charge in [0.05, 0.1) is 12.2 Å². The zero-order valence-corrected chi connectivity index (χ0v) is 9.83. The van der Waals surface area contributed by atoms with Crippen molar-refractivity contribution < 1.29 is 4.39 Å². The van der Waals surface area contributed by atoms with E-state index in [0.29, 0.717) is 6.54 Å². The topological polar surface area (TPSA) is 17.8 Å². The molecule has 0 aliphatic carbocycles. The van der Waals surface area contributed by atoms with Crippen LogP contribution in [0.25, 0.3) is 0 Å². The van der Waals surface area contributed by atoms with Gasteiger partial charge in [-0.3, -0.25) is 4.68 Å². The van der Waals surface area contributed by atoms with E-state index in [1.807, 2.05) is 23.9 Å². The van der Waals surface area contributed by atoms with Gasteiger partial charge in [0.15, 0.2) is 0 Å². The van der Waals surface area contributed by atoms with Gasteiger partial charge in [-0.25, -0.2) is 4.39 Å². The molecule has 0 unspecified atom stereocenters. The van der Waals surface area contributed by atoms with Crippen molar-refractivity contribution in [3.63, 3.8) is 0 Å². The summed E-state index contributed by atoms with van der Waals surface area (Å²) in [7, 11) is 0. The van der Waals surface area contributed by atoms with Crippen LogP contribution in [-0.2, 0) is 6.54 Å². The highest BCUT2D eigenvalue weighted by atomic mass is 79.9. The van der Waals surface area contributed by atoms with Crippen LogP contribution in [0.3, 0.4) is 0 Å². The Morgan fingerprint density at radius 2 is 2.20 bits per heavy atom. The molecule has 0 atom stereocenters. The Balaban J connectivity index is 2.24. The van der Waals surface area contributed by atoms with Crippen molar-refractivity contribution in [1.82, 2.24) is 9.78 Å². The Hall–Kier alpha value is -1.16. The van der Waals surface area contributed by atoms with Crippen LogP contribution < -0.4 is 0 Å². The summed E-state index contributed by atoms with van der Waals surface area (Å²) in [5.74, 6) is -0.234. The van der Waals surface area contributed by atoms with Crippen molar-refractivity contribution in [3.8, 4) is 0 Å². The second-order valence-electron chi connectivity index (χ2n) is 3.39. The molecule has 0 N–H and O–H groups in total. The summed E-state index contributed by atoms with van der Waals surface area (Å²) in [6.07, 6.45) is 1.91. The van der Waals surface area contributed by atoms with Crippen molar-refractivity contribution >= 4 is 15.9 Å². The molecule has 0 spiro atoms. The van der Waals surface area contributed by atoms with Crippen molar-refractivity contribution in [2.45, 2.75) is 13.5 Å². The van der Waals surface area contributed by atoms with E-state index in [1.54, 1.807) is 6.07 Å². The number of aryl methyl sites for hydroxylation is 1. The number of hydrogen-bond acceptors (Lipinski definition) is 1. The Labute approximate surface area is 95.9 Å². The minimum absolute atomic E-state index is 0.234. The maximum Gasteiger partial charge on any atom is 0.124 e. The molecule has 0 saturated carbocycles. The molecule has 2 aromatic rings. The molecule has 0 aliphatic rings. The quantitative estimate of drug-likeness (QED) is 0.819. The average molecular weight is 269 g/mol. The highest BCUT2D eigenvalue weighted by Gasteiger charge is 2.02. The maximum atomic E-state index is 12.8. The Morgan fingerprint density at radius 3 is 2.80 bits per heavy atom. The molecule has 15 heavy (non-hydrogen) atoms. The van der Waals surface area contributed by atoms with E-state index < -0.39 is 0 Å². The molecule has 0 bridgehead atoms. The predicted octanol–water partition coefficient (Wildman–Crippen LogP) is 3.14. The minimum Gasteiger partial charge on any atom is -0.268 e. The van der Waals surface area contributed by atoms with Gasteiger partial charge in [0.2, 0.25) is 0 Å². The van der Waals surface area contributed by atoms with Crippen LogP contribution in [0.4, 0.5) is 4.39 Å². The third-order valence-electron chi connectivity index (χ3n) is 2.12. The summed E-state index contributed by atoms with van der Waals surface area (Å²) < 4.78 is 15.4. The SMILES string of the molecule is Cc1ccn(Cc2ccc(F)cc2Br)n1. The van der Waals surface area contributed by atoms with Gasteiger partial charge in [-0.2, -0.15) is 5.10 Å². The van der Waals surface area contributed by atoms with Crippen LogP contribution >= 0.6 is 15.9 Å². The number of halogens is 2. The van der Waals surface area contributed by atoms with E-state index >= 15 is 0 Å². The summed E-state index contributed by atoms with van der Waals surface area (Å²) in [6, 6.07) is 6.62. The molecule has 0 fully saturated rings. The standard InChI is InChI=1S/C11H10BrFN2/c1-8-4-5-15(14-8)7-9-2-3-10(13)6-11(9)12/h2-6H,7H2,1H3. The Bertz CT molecular complexity index is 479. The second kappa shape index (κ2) is 4.14. The van der Waals surface area contributed by atoms with E-state index in [4.69, 9.17) is 0 Å². The summed E-state index contributed by atoms with van der Waals surface area (Å²) in [5.41, 5.74) is 1.99. The lowest BCUT2D eigenvalue weighted by molar-refractivity contribution is 0.622. The van der Waals surface area contributed by atoms with E-state index in [9.17, 15) is 4.39 Å². The lowest BCUT2D eigenvalue weighted by atomic mass is 10.2. The lowest BCUT2D eigenvalue weighted by Gasteiger charge is -2.04. The van der Waals surface area contributed by atoms with Crippen molar-refractivity contribution in [3.05, 3.63) is 52.0 Å². The van der Waals surface area contributed by atoms with Gasteiger partial charge >= 0.3 is 0 Å². The first-order valence-electron chi connectivity index (χ1n) is 4.59. The molecule has 1 aromatic carbocycles. The molecule has 1 heterocycles. The number of rotatable bonds is 2. The lowest BCUT2D eigenvalue weighted by Crippen LogP contribution is -2.01. The Kier molecular flexibility index (Phi) is 2.86. The highest BCUT2D eigenvalue weighted by molar-refractivity contribution is 9.10. The normalized spacial score (nSPS) is 10.6. The first-order valence-corrected chi connectivity index (χ1v) is 5.38. The molecule has 1 aromatic heterocycles. The van der Waals surface area contributed by atoms with Gasteiger partial charge in [0.25, 0.3) is 0 Å². The van der Waals surface area contributed by atoms with E-state index in [0.717, 1.165) is 15.7 Å².